The summed E-state index contributed by atoms with van der Waals surface area (Å²) in [6.07, 6.45) is 0. The molecule has 0 spiro atoms. The smallest absolute Gasteiger partial charge is 0.266 e. The molecule has 4 rings (SSSR count). The second-order valence-electron chi connectivity index (χ2n) is 7.97. The van der Waals surface area contributed by atoms with Crippen LogP contribution in [-0.2, 0) is 0 Å². The summed E-state index contributed by atoms with van der Waals surface area (Å²) in [7, 11) is 0. The number of thiophene rings is 1. The molecule has 0 atom stereocenters. The topological polar surface area (TPSA) is 61.4 Å². The lowest BCUT2D eigenvalue weighted by Gasteiger charge is -2.35. The molecule has 7 heteroatoms. The normalized spacial score (nSPS) is 15.0. The number of hydrogen-bond acceptors (Lipinski definition) is 6. The van der Waals surface area contributed by atoms with E-state index in [0.29, 0.717) is 4.88 Å². The first kappa shape index (κ1) is 20.8. The predicted molar refractivity (Wildman–Crippen MR) is 125 cm³/mol. The van der Waals surface area contributed by atoms with Crippen LogP contribution in [-0.4, -0.2) is 53.5 Å². The van der Waals surface area contributed by atoms with Crippen LogP contribution in [0.15, 0.2) is 18.2 Å². The van der Waals surface area contributed by atoms with Crippen LogP contribution in [0.5, 0.6) is 0 Å². The van der Waals surface area contributed by atoms with Gasteiger partial charge in [-0.1, -0.05) is 6.92 Å². The first-order chi connectivity index (χ1) is 14.4. The number of piperazine rings is 1. The Bertz CT molecular complexity index is 1100. The molecule has 158 valence electrons. The van der Waals surface area contributed by atoms with Crippen molar-refractivity contribution < 1.29 is 4.79 Å². The molecule has 30 heavy (non-hydrogen) atoms. The summed E-state index contributed by atoms with van der Waals surface area (Å²) in [5, 5.41) is 4.10. The number of nitrogens with zero attached hydrogens (tertiary/aromatic N) is 4. The maximum atomic E-state index is 13.0. The molecule has 0 aliphatic carbocycles. The predicted octanol–water partition coefficient (Wildman–Crippen LogP) is 4.32. The second kappa shape index (κ2) is 8.32. The number of amides is 1. The lowest BCUT2D eigenvalue weighted by molar-refractivity contribution is 0.103. The van der Waals surface area contributed by atoms with Gasteiger partial charge < -0.3 is 15.1 Å². The molecule has 6 nitrogen and oxygen atoms in total. The minimum atomic E-state index is -0.0834. The number of fused-ring (bicyclic) bond motifs is 1. The number of carbonyl (C=O) groups is 1. The first-order valence-electron chi connectivity index (χ1n) is 10.5. The van der Waals surface area contributed by atoms with Gasteiger partial charge in [0.05, 0.1) is 4.88 Å². The van der Waals surface area contributed by atoms with E-state index in [1.807, 2.05) is 26.8 Å². The standard InChI is InChI=1S/C23H29N5OS/c1-6-27-9-11-28(12-10-27)18-7-8-19(14(2)13-18)26-22(29)21-15(3)20-16(4)24-17(5)25-23(20)30-21/h7-8,13H,6,9-12H2,1-5H3,(H,26,29). The fourth-order valence-corrected chi connectivity index (χ4v) is 5.35. The zero-order chi connectivity index (χ0) is 21.4. The van der Waals surface area contributed by atoms with Crippen LogP contribution < -0.4 is 10.2 Å². The van der Waals surface area contributed by atoms with Crippen molar-refractivity contribution in [2.45, 2.75) is 34.6 Å². The van der Waals surface area contributed by atoms with Crippen molar-refractivity contribution in [3.05, 3.63) is 45.7 Å². The van der Waals surface area contributed by atoms with Gasteiger partial charge in [-0.2, -0.15) is 0 Å². The van der Waals surface area contributed by atoms with Crippen LogP contribution in [0.3, 0.4) is 0 Å². The molecule has 1 aromatic carbocycles. The summed E-state index contributed by atoms with van der Waals surface area (Å²) in [6, 6.07) is 6.31. The van der Waals surface area contributed by atoms with Gasteiger partial charge in [-0.05, 0) is 63.6 Å². The maximum absolute atomic E-state index is 13.0. The minimum Gasteiger partial charge on any atom is -0.369 e. The molecular weight excluding hydrogens is 394 g/mol. The number of aryl methyl sites for hydroxylation is 4. The molecule has 0 bridgehead atoms. The highest BCUT2D eigenvalue weighted by Gasteiger charge is 2.20. The van der Waals surface area contributed by atoms with Crippen LogP contribution in [0.1, 0.15) is 39.2 Å². The molecule has 0 radical (unpaired) electrons. The highest BCUT2D eigenvalue weighted by Crippen LogP contribution is 2.32. The molecular formula is C23H29N5OS. The van der Waals surface area contributed by atoms with Crippen molar-refractivity contribution in [1.29, 1.82) is 0 Å². The van der Waals surface area contributed by atoms with Crippen LogP contribution in [0.4, 0.5) is 11.4 Å². The summed E-state index contributed by atoms with van der Waals surface area (Å²) >= 11 is 1.44. The third-order valence-corrected chi connectivity index (χ3v) is 7.12. The van der Waals surface area contributed by atoms with E-state index in [-0.39, 0.29) is 5.91 Å². The highest BCUT2D eigenvalue weighted by atomic mass is 32.1. The summed E-state index contributed by atoms with van der Waals surface area (Å²) in [5.41, 5.74) is 5.03. The van der Waals surface area contributed by atoms with Crippen LogP contribution in [0.2, 0.25) is 0 Å². The summed E-state index contributed by atoms with van der Waals surface area (Å²) in [4.78, 5) is 28.5. The zero-order valence-electron chi connectivity index (χ0n) is 18.4. The van der Waals surface area contributed by atoms with Gasteiger partial charge in [0.15, 0.2) is 0 Å². The molecule has 2 aromatic heterocycles. The van der Waals surface area contributed by atoms with Gasteiger partial charge in [0.2, 0.25) is 0 Å². The lowest BCUT2D eigenvalue weighted by Crippen LogP contribution is -2.46. The second-order valence-corrected chi connectivity index (χ2v) is 8.97. The van der Waals surface area contributed by atoms with Gasteiger partial charge in [0.1, 0.15) is 10.7 Å². The van der Waals surface area contributed by atoms with E-state index in [4.69, 9.17) is 0 Å². The number of aromatic nitrogens is 2. The van der Waals surface area contributed by atoms with E-state index in [0.717, 1.165) is 71.3 Å². The third kappa shape index (κ3) is 3.91. The van der Waals surface area contributed by atoms with Crippen molar-refractivity contribution in [3.63, 3.8) is 0 Å². The van der Waals surface area contributed by atoms with Crippen molar-refractivity contribution in [2.75, 3.05) is 42.9 Å². The lowest BCUT2D eigenvalue weighted by atomic mass is 10.1. The molecule has 1 aliphatic heterocycles. The molecule has 3 aromatic rings. The Labute approximate surface area is 181 Å². The van der Waals surface area contributed by atoms with Gasteiger partial charge in [0, 0.05) is 48.6 Å². The van der Waals surface area contributed by atoms with Gasteiger partial charge in [0.25, 0.3) is 5.91 Å². The first-order valence-corrected chi connectivity index (χ1v) is 11.3. The van der Waals surface area contributed by atoms with Gasteiger partial charge in [-0.15, -0.1) is 11.3 Å². The van der Waals surface area contributed by atoms with Crippen LogP contribution >= 0.6 is 11.3 Å². The molecule has 1 aliphatic rings. The molecule has 0 unspecified atom stereocenters. The Hall–Kier alpha value is -2.51. The Morgan fingerprint density at radius 1 is 1.10 bits per heavy atom. The number of anilines is 2. The van der Waals surface area contributed by atoms with Crippen molar-refractivity contribution in [2.24, 2.45) is 0 Å². The summed E-state index contributed by atoms with van der Waals surface area (Å²) in [6.45, 7) is 15.5. The SMILES string of the molecule is CCN1CCN(c2ccc(NC(=O)c3sc4nc(C)nc(C)c4c3C)c(C)c2)CC1. The molecule has 1 saturated heterocycles. The van der Waals surface area contributed by atoms with E-state index in [1.165, 1.54) is 17.0 Å². The van der Waals surface area contributed by atoms with Gasteiger partial charge >= 0.3 is 0 Å². The number of likely N-dealkylation sites (N-methyl/N-ethyl adjacent to an activating group) is 1. The fourth-order valence-electron chi connectivity index (χ4n) is 4.18. The van der Waals surface area contributed by atoms with Crippen molar-refractivity contribution in [3.8, 4) is 0 Å². The quantitative estimate of drug-likeness (QED) is 0.677. The van der Waals surface area contributed by atoms with Crippen LogP contribution in [0.25, 0.3) is 10.2 Å². The largest absolute Gasteiger partial charge is 0.369 e. The number of carbonyl (C=O) groups excluding carboxylic acids is 1. The van der Waals surface area contributed by atoms with E-state index < -0.39 is 0 Å². The maximum Gasteiger partial charge on any atom is 0.266 e. The van der Waals surface area contributed by atoms with Crippen LogP contribution in [0, 0.1) is 27.7 Å². The molecule has 1 N–H and O–H groups in total. The molecule has 0 saturated carbocycles. The number of nitrogens with one attached hydrogen (secondary N) is 1. The average molecular weight is 424 g/mol. The minimum absolute atomic E-state index is 0.0834. The van der Waals surface area contributed by atoms with E-state index >= 15 is 0 Å². The van der Waals surface area contributed by atoms with Gasteiger partial charge in [-0.25, -0.2) is 9.97 Å². The molecule has 1 amide bonds. The Balaban J connectivity index is 1.53. The highest BCUT2D eigenvalue weighted by molar-refractivity contribution is 7.20. The Kier molecular flexibility index (Phi) is 5.75. The van der Waals surface area contributed by atoms with E-state index in [2.05, 4.69) is 51.1 Å². The van der Waals surface area contributed by atoms with E-state index in [1.54, 1.807) is 0 Å². The van der Waals surface area contributed by atoms with Crippen molar-refractivity contribution >= 4 is 38.8 Å². The van der Waals surface area contributed by atoms with Gasteiger partial charge in [-0.3, -0.25) is 4.79 Å². The molecule has 1 fully saturated rings. The summed E-state index contributed by atoms with van der Waals surface area (Å²) in [5.74, 6) is 0.652. The number of benzene rings is 1. The average Bonchev–Trinajstić information content (AvgIpc) is 3.06. The van der Waals surface area contributed by atoms with E-state index in [9.17, 15) is 4.79 Å². The number of hydrogen-bond donors (Lipinski definition) is 1. The fraction of sp³-hybridized carbons (Fsp3) is 0.435. The third-order valence-electron chi connectivity index (χ3n) is 5.93. The molecule has 3 heterocycles. The number of rotatable bonds is 4. The Morgan fingerprint density at radius 2 is 1.83 bits per heavy atom. The summed E-state index contributed by atoms with van der Waals surface area (Å²) < 4.78 is 0. The monoisotopic (exact) mass is 423 g/mol. The van der Waals surface area contributed by atoms with Crippen molar-refractivity contribution in [1.82, 2.24) is 14.9 Å². The Morgan fingerprint density at radius 3 is 2.50 bits per heavy atom. The zero-order valence-corrected chi connectivity index (χ0v) is 19.2.